The highest BCUT2D eigenvalue weighted by molar-refractivity contribution is 5.66. The molecule has 0 radical (unpaired) electrons. The minimum absolute atomic E-state index is 0.0393. The lowest BCUT2D eigenvalue weighted by Gasteiger charge is -2.42. The number of nitrogens with zero attached hydrogens (tertiary/aromatic N) is 1. The van der Waals surface area contributed by atoms with Gasteiger partial charge in [0.05, 0.1) is 24.2 Å². The van der Waals surface area contributed by atoms with Gasteiger partial charge in [0.25, 0.3) is 5.70 Å². The number of aliphatic hydroxyl groups excluding tert-OH is 2. The number of ether oxygens (including phenoxy) is 3. The largest absolute Gasteiger partial charge is 0.484 e. The molecular formula is C17H21NO10. The summed E-state index contributed by atoms with van der Waals surface area (Å²) in [5.41, 5.74) is -0.326. The van der Waals surface area contributed by atoms with Crippen LogP contribution in [0.25, 0.3) is 5.70 Å². The van der Waals surface area contributed by atoms with Gasteiger partial charge in [-0.2, -0.15) is 0 Å². The van der Waals surface area contributed by atoms with Crippen LogP contribution < -0.4 is 4.74 Å². The average molecular weight is 399 g/mol. The summed E-state index contributed by atoms with van der Waals surface area (Å²) in [6, 6.07) is 5.99. The second kappa shape index (κ2) is 9.57. The van der Waals surface area contributed by atoms with Gasteiger partial charge in [0, 0.05) is 6.92 Å². The zero-order chi connectivity index (χ0) is 20.8. The van der Waals surface area contributed by atoms with Crippen LogP contribution in [0.1, 0.15) is 12.5 Å². The van der Waals surface area contributed by atoms with Gasteiger partial charge in [-0.1, -0.05) is 12.1 Å². The maximum Gasteiger partial charge on any atom is 0.305 e. The molecule has 0 bridgehead atoms. The Balaban J connectivity index is 2.33. The van der Waals surface area contributed by atoms with E-state index in [1.165, 1.54) is 19.2 Å². The third-order valence-corrected chi connectivity index (χ3v) is 3.97. The molecule has 1 saturated heterocycles. The number of carbonyl (C=O) groups is 1. The molecule has 0 spiro atoms. The van der Waals surface area contributed by atoms with E-state index in [2.05, 4.69) is 11.5 Å². The number of nitro groups is 1. The third kappa shape index (κ3) is 4.82. The molecule has 11 heteroatoms. The molecule has 1 aliphatic heterocycles. The number of esters is 1. The van der Waals surface area contributed by atoms with Crippen molar-refractivity contribution in [3.63, 3.8) is 0 Å². The summed E-state index contributed by atoms with van der Waals surface area (Å²) >= 11 is 0. The third-order valence-electron chi connectivity index (χ3n) is 3.97. The van der Waals surface area contributed by atoms with Gasteiger partial charge >= 0.3 is 5.97 Å². The molecule has 2 rings (SSSR count). The zero-order valence-corrected chi connectivity index (χ0v) is 15.2. The van der Waals surface area contributed by atoms with E-state index in [1.54, 1.807) is 12.1 Å². The van der Waals surface area contributed by atoms with Crippen molar-refractivity contribution in [2.24, 2.45) is 0 Å². The molecule has 1 aliphatic rings. The lowest BCUT2D eigenvalue weighted by molar-refractivity contribution is -0.391. The predicted octanol–water partition coefficient (Wildman–Crippen LogP) is 0.269. The molecule has 0 saturated carbocycles. The monoisotopic (exact) mass is 399 g/mol. The van der Waals surface area contributed by atoms with E-state index in [-0.39, 0.29) is 11.3 Å². The quantitative estimate of drug-likeness (QED) is 0.270. The summed E-state index contributed by atoms with van der Waals surface area (Å²) in [4.78, 5) is 31.2. The maximum absolute atomic E-state index is 11.3. The molecule has 1 heterocycles. The molecule has 0 unspecified atom stereocenters. The highest BCUT2D eigenvalue weighted by Crippen LogP contribution is 2.31. The highest BCUT2D eigenvalue weighted by Gasteiger charge is 2.50. The van der Waals surface area contributed by atoms with Crippen LogP contribution in [0.4, 0.5) is 0 Å². The van der Waals surface area contributed by atoms with Gasteiger partial charge in [0.2, 0.25) is 6.29 Å². The minimum Gasteiger partial charge on any atom is -0.484 e. The van der Waals surface area contributed by atoms with E-state index in [0.29, 0.717) is 0 Å². The summed E-state index contributed by atoms with van der Waals surface area (Å²) in [5.74, 6) is -0.664. The second-order valence-corrected chi connectivity index (χ2v) is 5.84. The molecule has 0 aromatic heterocycles. The summed E-state index contributed by atoms with van der Waals surface area (Å²) in [6.07, 6.45) is -6.50. The van der Waals surface area contributed by atoms with E-state index in [4.69, 9.17) is 19.1 Å². The van der Waals surface area contributed by atoms with Crippen LogP contribution in [-0.4, -0.2) is 65.5 Å². The first kappa shape index (κ1) is 21.7. The van der Waals surface area contributed by atoms with Gasteiger partial charge in [-0.05, 0) is 18.7 Å². The van der Waals surface area contributed by atoms with E-state index in [0.717, 1.165) is 6.92 Å². The Morgan fingerprint density at radius 2 is 2.04 bits per heavy atom. The number of carbonyl (C=O) groups excluding carboxylic acids is 1. The number of hydrogen-bond donors (Lipinski definition) is 2. The number of rotatable bonds is 8. The van der Waals surface area contributed by atoms with E-state index >= 15 is 0 Å². The van der Waals surface area contributed by atoms with E-state index in [1.807, 2.05) is 0 Å². The lowest BCUT2D eigenvalue weighted by atomic mass is 9.98. The van der Waals surface area contributed by atoms with Crippen LogP contribution in [0.3, 0.4) is 0 Å². The van der Waals surface area contributed by atoms with Crippen molar-refractivity contribution in [3.05, 3.63) is 46.5 Å². The molecule has 28 heavy (non-hydrogen) atoms. The fraction of sp³-hybridized carbons (Fsp3) is 0.471. The van der Waals surface area contributed by atoms with Crippen molar-refractivity contribution in [3.8, 4) is 5.75 Å². The van der Waals surface area contributed by atoms with Gasteiger partial charge in [-0.3, -0.25) is 14.9 Å². The van der Waals surface area contributed by atoms with Crippen LogP contribution >= 0.6 is 0 Å². The number of hydrogen-bond acceptors (Lipinski definition) is 10. The Bertz CT molecular complexity index is 724. The smallest absolute Gasteiger partial charge is 0.305 e. The molecule has 5 atom stereocenters. The van der Waals surface area contributed by atoms with Crippen molar-refractivity contribution in [2.45, 2.75) is 37.6 Å². The zero-order valence-electron chi connectivity index (χ0n) is 15.2. The lowest BCUT2D eigenvalue weighted by Crippen LogP contribution is -2.62. The number of benzene rings is 1. The SMILES string of the molecule is C=C(c1ccccc1O[C@H]1[C@H](O)[C@@H](OOC)[C@H](OC(C)=O)O[C@@H]1CO)[N+](=O)[O-]. The molecule has 11 nitrogen and oxygen atoms in total. The Morgan fingerprint density at radius 3 is 2.61 bits per heavy atom. The molecule has 0 amide bonds. The number of para-hydroxylation sites is 1. The summed E-state index contributed by atoms with van der Waals surface area (Å²) in [5, 5.41) is 31.4. The van der Waals surface area contributed by atoms with Crippen molar-refractivity contribution in [1.29, 1.82) is 0 Å². The molecule has 2 N–H and O–H groups in total. The van der Waals surface area contributed by atoms with Crippen LogP contribution in [0, 0.1) is 10.1 Å². The maximum atomic E-state index is 11.3. The van der Waals surface area contributed by atoms with E-state index < -0.39 is 53.9 Å². The van der Waals surface area contributed by atoms with E-state index in [9.17, 15) is 25.1 Å². The van der Waals surface area contributed by atoms with Crippen molar-refractivity contribution in [2.75, 3.05) is 13.7 Å². The molecular weight excluding hydrogens is 378 g/mol. The predicted molar refractivity (Wildman–Crippen MR) is 92.3 cm³/mol. The van der Waals surface area contributed by atoms with Gasteiger partial charge in [0.1, 0.15) is 18.0 Å². The van der Waals surface area contributed by atoms with Gasteiger partial charge in [-0.15, -0.1) is 0 Å². The van der Waals surface area contributed by atoms with Gasteiger partial charge in [-0.25, -0.2) is 9.78 Å². The molecule has 1 aromatic carbocycles. The molecule has 1 fully saturated rings. The van der Waals surface area contributed by atoms with Crippen LogP contribution in [0.15, 0.2) is 30.8 Å². The first-order valence-electron chi connectivity index (χ1n) is 8.20. The fourth-order valence-electron chi connectivity index (χ4n) is 2.71. The van der Waals surface area contributed by atoms with Gasteiger partial charge in [0.15, 0.2) is 12.2 Å². The van der Waals surface area contributed by atoms with Crippen LogP contribution in [-0.2, 0) is 24.0 Å². The first-order chi connectivity index (χ1) is 13.3. The Labute approximate surface area is 160 Å². The Kier molecular flexibility index (Phi) is 7.43. The summed E-state index contributed by atoms with van der Waals surface area (Å²) in [6.45, 7) is 3.94. The molecule has 154 valence electrons. The van der Waals surface area contributed by atoms with Crippen molar-refractivity contribution < 1.29 is 43.9 Å². The fourth-order valence-corrected chi connectivity index (χ4v) is 2.71. The highest BCUT2D eigenvalue weighted by atomic mass is 17.2. The summed E-state index contributed by atoms with van der Waals surface area (Å²) < 4.78 is 16.2. The first-order valence-corrected chi connectivity index (χ1v) is 8.20. The Hall–Kier alpha value is -2.57. The minimum atomic E-state index is -1.48. The molecule has 0 aliphatic carbocycles. The summed E-state index contributed by atoms with van der Waals surface area (Å²) in [7, 11) is 1.18. The number of aliphatic hydroxyl groups is 2. The second-order valence-electron chi connectivity index (χ2n) is 5.84. The normalized spacial score (nSPS) is 27.1. The van der Waals surface area contributed by atoms with Crippen LogP contribution in [0.5, 0.6) is 5.75 Å². The topological polar surface area (TPSA) is 147 Å². The standard InChI is InChI=1S/C17H21NO10/c1-9(18(22)23)11-6-4-5-7-12(11)26-15-13(8-19)27-17(25-10(2)20)16(14(15)21)28-24-3/h4-7,13-17,19,21H,1,8H2,2-3H3/t13-,14+,15-,16-,17-/m1/s1. The average Bonchev–Trinajstić information content (AvgIpc) is 2.66. The van der Waals surface area contributed by atoms with Crippen molar-refractivity contribution in [1.82, 2.24) is 0 Å². The Morgan fingerprint density at radius 1 is 1.36 bits per heavy atom. The molecule has 1 aromatic rings. The van der Waals surface area contributed by atoms with Crippen LogP contribution in [0.2, 0.25) is 0 Å². The van der Waals surface area contributed by atoms with Gasteiger partial charge < -0.3 is 24.4 Å². The van der Waals surface area contributed by atoms with Crippen molar-refractivity contribution >= 4 is 11.7 Å².